The minimum Gasteiger partial charge on any atom is -0.444 e. The Morgan fingerprint density at radius 2 is 1.62 bits per heavy atom. The summed E-state index contributed by atoms with van der Waals surface area (Å²) in [5.41, 5.74) is -0.745. The molecule has 1 aliphatic heterocycles. The highest BCUT2D eigenvalue weighted by Gasteiger charge is 2.40. The van der Waals surface area contributed by atoms with Crippen molar-refractivity contribution in [2.75, 3.05) is 0 Å². The summed E-state index contributed by atoms with van der Waals surface area (Å²) >= 11 is 0. The summed E-state index contributed by atoms with van der Waals surface area (Å²) < 4.78 is 5.34. The molecule has 1 fully saturated rings. The number of alkyl carbamates (subject to hydrolysis) is 1. The summed E-state index contributed by atoms with van der Waals surface area (Å²) in [6.07, 6.45) is 3.11. The maximum absolute atomic E-state index is 12.3. The maximum Gasteiger partial charge on any atom is 0.408 e. The Labute approximate surface area is 169 Å². The standard InChI is InChI=1S/C21H26N2O6/c1-20(2,3)28-19(27)22-21(11-6-7-12-21)13-10-16(24)29-23-17(25)14-8-4-5-9-15(14)18(23)26/h4-5,8-9H,6-7,10-13H2,1-3H3,(H,22,27). The Morgan fingerprint density at radius 3 is 2.14 bits per heavy atom. The van der Waals surface area contributed by atoms with Crippen molar-refractivity contribution in [1.82, 2.24) is 10.4 Å². The minimum atomic E-state index is -0.697. The highest BCUT2D eigenvalue weighted by molar-refractivity contribution is 6.20. The lowest BCUT2D eigenvalue weighted by Crippen LogP contribution is -2.48. The molecule has 29 heavy (non-hydrogen) atoms. The summed E-state index contributed by atoms with van der Waals surface area (Å²) in [6, 6.07) is 6.31. The SMILES string of the molecule is CC(C)(C)OC(=O)NC1(CCC(=O)ON2C(=O)c3ccccc3C2=O)CCCC1. The van der Waals surface area contributed by atoms with Crippen LogP contribution in [0.5, 0.6) is 0 Å². The van der Waals surface area contributed by atoms with Crippen molar-refractivity contribution >= 4 is 23.9 Å². The molecule has 0 unspecified atom stereocenters. The maximum atomic E-state index is 12.3. The molecule has 1 aromatic carbocycles. The van der Waals surface area contributed by atoms with E-state index in [1.54, 1.807) is 32.9 Å². The molecule has 1 saturated carbocycles. The van der Waals surface area contributed by atoms with E-state index in [0.717, 1.165) is 25.7 Å². The number of nitrogens with zero attached hydrogens (tertiary/aromatic N) is 1. The number of hydrogen-bond acceptors (Lipinski definition) is 6. The summed E-state index contributed by atoms with van der Waals surface area (Å²) in [6.45, 7) is 5.36. The molecule has 1 N–H and O–H groups in total. The van der Waals surface area contributed by atoms with Crippen LogP contribution in [-0.2, 0) is 14.4 Å². The van der Waals surface area contributed by atoms with Crippen LogP contribution in [0.15, 0.2) is 24.3 Å². The van der Waals surface area contributed by atoms with Crippen molar-refractivity contribution in [2.45, 2.75) is 70.4 Å². The number of carbonyl (C=O) groups is 4. The first kappa shape index (κ1) is 20.8. The van der Waals surface area contributed by atoms with Crippen molar-refractivity contribution in [3.05, 3.63) is 35.4 Å². The van der Waals surface area contributed by atoms with Gasteiger partial charge in [-0.2, -0.15) is 0 Å². The number of imide groups is 1. The van der Waals surface area contributed by atoms with E-state index in [-0.39, 0.29) is 17.5 Å². The molecule has 3 amide bonds. The molecule has 0 atom stereocenters. The minimum absolute atomic E-state index is 0.0385. The van der Waals surface area contributed by atoms with Gasteiger partial charge >= 0.3 is 12.1 Å². The molecular formula is C21H26N2O6. The summed E-state index contributed by atoms with van der Waals surface area (Å²) in [4.78, 5) is 54.2. The molecule has 1 aromatic rings. The van der Waals surface area contributed by atoms with Gasteiger partial charge in [-0.05, 0) is 52.2 Å². The largest absolute Gasteiger partial charge is 0.444 e. The lowest BCUT2D eigenvalue weighted by molar-refractivity contribution is -0.169. The van der Waals surface area contributed by atoms with Gasteiger partial charge in [0.2, 0.25) is 0 Å². The van der Waals surface area contributed by atoms with Gasteiger partial charge in [0.15, 0.2) is 0 Å². The summed E-state index contributed by atoms with van der Waals surface area (Å²) in [7, 11) is 0. The number of nitrogens with one attached hydrogen (secondary N) is 1. The Bertz CT molecular complexity index is 801. The third kappa shape index (κ3) is 4.75. The molecule has 3 rings (SSSR count). The first-order valence-electron chi connectivity index (χ1n) is 9.80. The first-order chi connectivity index (χ1) is 13.6. The zero-order valence-electron chi connectivity index (χ0n) is 16.9. The van der Waals surface area contributed by atoms with Crippen molar-refractivity contribution in [3.8, 4) is 0 Å². The average Bonchev–Trinajstić information content (AvgIpc) is 3.18. The molecule has 0 radical (unpaired) electrons. The van der Waals surface area contributed by atoms with E-state index < -0.39 is 35.0 Å². The van der Waals surface area contributed by atoms with Gasteiger partial charge in [0, 0.05) is 5.54 Å². The Hall–Kier alpha value is -2.90. The third-order valence-corrected chi connectivity index (χ3v) is 5.08. The van der Waals surface area contributed by atoms with Crippen molar-refractivity contribution < 1.29 is 28.8 Å². The van der Waals surface area contributed by atoms with E-state index in [1.165, 1.54) is 12.1 Å². The number of hydroxylamine groups is 2. The van der Waals surface area contributed by atoms with E-state index in [1.807, 2.05) is 0 Å². The number of ether oxygens (including phenoxy) is 1. The van der Waals surface area contributed by atoms with Crippen LogP contribution in [0, 0.1) is 0 Å². The zero-order valence-corrected chi connectivity index (χ0v) is 16.9. The van der Waals surface area contributed by atoms with Crippen LogP contribution in [-0.4, -0.2) is 40.1 Å². The molecule has 8 nitrogen and oxygen atoms in total. The monoisotopic (exact) mass is 402 g/mol. The van der Waals surface area contributed by atoms with E-state index in [9.17, 15) is 19.2 Å². The van der Waals surface area contributed by atoms with Gasteiger partial charge in [0.05, 0.1) is 17.5 Å². The third-order valence-electron chi connectivity index (χ3n) is 5.08. The summed E-state index contributed by atoms with van der Waals surface area (Å²) in [5, 5.41) is 3.42. The van der Waals surface area contributed by atoms with Crippen LogP contribution in [0.2, 0.25) is 0 Å². The van der Waals surface area contributed by atoms with E-state index in [4.69, 9.17) is 9.57 Å². The van der Waals surface area contributed by atoms with Crippen LogP contribution in [0.4, 0.5) is 4.79 Å². The van der Waals surface area contributed by atoms with Gasteiger partial charge in [-0.1, -0.05) is 30.0 Å². The lowest BCUT2D eigenvalue weighted by Gasteiger charge is -2.31. The molecule has 0 aromatic heterocycles. The number of carbonyl (C=O) groups excluding carboxylic acids is 4. The quantitative estimate of drug-likeness (QED) is 0.758. The van der Waals surface area contributed by atoms with Crippen LogP contribution in [0.3, 0.4) is 0 Å². The van der Waals surface area contributed by atoms with Gasteiger partial charge < -0.3 is 14.9 Å². The lowest BCUT2D eigenvalue weighted by atomic mass is 9.91. The number of rotatable bonds is 5. The predicted molar refractivity (Wildman–Crippen MR) is 103 cm³/mol. The molecule has 0 spiro atoms. The van der Waals surface area contributed by atoms with Crippen molar-refractivity contribution in [2.24, 2.45) is 0 Å². The molecule has 2 aliphatic rings. The normalized spacial score (nSPS) is 17.8. The van der Waals surface area contributed by atoms with Crippen LogP contribution < -0.4 is 5.32 Å². The van der Waals surface area contributed by atoms with Crippen LogP contribution in [0.25, 0.3) is 0 Å². The van der Waals surface area contributed by atoms with Gasteiger partial charge in [-0.15, -0.1) is 0 Å². The fourth-order valence-corrected chi connectivity index (χ4v) is 3.75. The molecule has 1 heterocycles. The smallest absolute Gasteiger partial charge is 0.408 e. The van der Waals surface area contributed by atoms with Gasteiger partial charge in [-0.3, -0.25) is 9.59 Å². The molecule has 156 valence electrons. The number of benzene rings is 1. The van der Waals surface area contributed by atoms with Gasteiger partial charge in [0.1, 0.15) is 5.60 Å². The fraction of sp³-hybridized carbons (Fsp3) is 0.524. The second-order valence-corrected chi connectivity index (χ2v) is 8.53. The van der Waals surface area contributed by atoms with Gasteiger partial charge in [0.25, 0.3) is 11.8 Å². The Balaban J connectivity index is 1.58. The van der Waals surface area contributed by atoms with Crippen LogP contribution >= 0.6 is 0 Å². The van der Waals surface area contributed by atoms with E-state index in [2.05, 4.69) is 5.32 Å². The zero-order chi connectivity index (χ0) is 21.2. The van der Waals surface area contributed by atoms with Crippen molar-refractivity contribution in [1.29, 1.82) is 0 Å². The highest BCUT2D eigenvalue weighted by Crippen LogP contribution is 2.34. The number of fused-ring (bicyclic) bond motifs is 1. The topological polar surface area (TPSA) is 102 Å². The molecule has 0 saturated heterocycles. The van der Waals surface area contributed by atoms with Crippen LogP contribution in [0.1, 0.15) is 80.0 Å². The predicted octanol–water partition coefficient (Wildman–Crippen LogP) is 3.36. The Morgan fingerprint density at radius 1 is 1.07 bits per heavy atom. The highest BCUT2D eigenvalue weighted by atomic mass is 16.7. The fourth-order valence-electron chi connectivity index (χ4n) is 3.75. The molecule has 1 aliphatic carbocycles. The summed E-state index contributed by atoms with van der Waals surface area (Å²) in [5.74, 6) is -2.00. The molecule has 0 bridgehead atoms. The van der Waals surface area contributed by atoms with E-state index >= 15 is 0 Å². The Kier molecular flexibility index (Phi) is 5.64. The van der Waals surface area contributed by atoms with E-state index in [0.29, 0.717) is 11.5 Å². The first-order valence-corrected chi connectivity index (χ1v) is 9.80. The average molecular weight is 402 g/mol. The molecule has 8 heteroatoms. The number of amides is 3. The van der Waals surface area contributed by atoms with Crippen molar-refractivity contribution in [3.63, 3.8) is 0 Å². The second-order valence-electron chi connectivity index (χ2n) is 8.53. The second kappa shape index (κ2) is 7.85. The van der Waals surface area contributed by atoms with Gasteiger partial charge in [-0.25, -0.2) is 9.59 Å². The number of hydrogen-bond donors (Lipinski definition) is 1. The molecular weight excluding hydrogens is 376 g/mol.